The zero-order chi connectivity index (χ0) is 23.8. The minimum absolute atomic E-state index is 0.159. The number of amidine groups is 1. The monoisotopic (exact) mass is 445 g/mol. The van der Waals surface area contributed by atoms with E-state index in [1.165, 1.54) is 79.6 Å². The van der Waals surface area contributed by atoms with Gasteiger partial charge in [-0.15, -0.1) is 0 Å². The maximum Gasteiger partial charge on any atom is 0.110 e. The molecule has 3 nitrogen and oxygen atoms in total. The van der Waals surface area contributed by atoms with Gasteiger partial charge in [0.2, 0.25) is 0 Å². The molecule has 178 valence electrons. The van der Waals surface area contributed by atoms with Crippen LogP contribution in [0.2, 0.25) is 0 Å². The molecule has 0 aromatic heterocycles. The smallest absolute Gasteiger partial charge is 0.110 e. The second kappa shape index (κ2) is 9.25. The predicted molar refractivity (Wildman–Crippen MR) is 142 cm³/mol. The van der Waals surface area contributed by atoms with Crippen LogP contribution in [-0.4, -0.2) is 41.8 Å². The number of likely N-dealkylation sites (N-methyl/N-ethyl adjacent to an activating group) is 1. The summed E-state index contributed by atoms with van der Waals surface area (Å²) in [5, 5.41) is 0. The number of hydrogen-bond acceptors (Lipinski definition) is 3. The molecule has 2 saturated carbocycles. The maximum atomic E-state index is 5.18. The molecule has 0 spiro atoms. The molecule has 0 radical (unpaired) electrons. The molecule has 0 atom stereocenters. The average Bonchev–Trinajstić information content (AvgIpc) is 3.42. The van der Waals surface area contributed by atoms with Crippen LogP contribution < -0.4 is 0 Å². The molecule has 3 heteroatoms. The van der Waals surface area contributed by atoms with E-state index in [9.17, 15) is 0 Å². The minimum Gasteiger partial charge on any atom is -0.328 e. The first-order valence-corrected chi connectivity index (χ1v) is 12.8. The van der Waals surface area contributed by atoms with Crippen LogP contribution in [0.5, 0.6) is 0 Å². The molecule has 2 fully saturated rings. The van der Waals surface area contributed by atoms with Crippen LogP contribution >= 0.6 is 0 Å². The van der Waals surface area contributed by atoms with Crippen molar-refractivity contribution in [1.29, 1.82) is 0 Å². The number of aliphatic imine (C=N–C) groups is 1. The summed E-state index contributed by atoms with van der Waals surface area (Å²) in [6.07, 6.45) is 13.2. The number of aryl methyl sites for hydroxylation is 2. The Morgan fingerprint density at radius 1 is 0.970 bits per heavy atom. The van der Waals surface area contributed by atoms with Crippen molar-refractivity contribution in [1.82, 2.24) is 9.80 Å². The van der Waals surface area contributed by atoms with Crippen molar-refractivity contribution in [3.8, 4) is 0 Å². The fraction of sp³-hybridized carbons (Fsp3) is 0.567. The maximum absolute atomic E-state index is 5.18. The molecule has 1 aromatic rings. The van der Waals surface area contributed by atoms with E-state index in [1.54, 1.807) is 0 Å². The normalized spacial score (nSPS) is 22.3. The van der Waals surface area contributed by atoms with Crippen LogP contribution in [0.25, 0.3) is 0 Å². The first-order valence-electron chi connectivity index (χ1n) is 12.8. The Kier molecular flexibility index (Phi) is 6.73. The molecular formula is C30H43N3. The summed E-state index contributed by atoms with van der Waals surface area (Å²) in [4.78, 5) is 10.2. The third-order valence-corrected chi connectivity index (χ3v) is 8.70. The van der Waals surface area contributed by atoms with Gasteiger partial charge in [-0.3, -0.25) is 0 Å². The molecule has 2 aliphatic carbocycles. The van der Waals surface area contributed by atoms with E-state index in [0.717, 1.165) is 24.2 Å². The van der Waals surface area contributed by atoms with Crippen LogP contribution in [0.3, 0.4) is 0 Å². The van der Waals surface area contributed by atoms with Crippen LogP contribution in [-0.2, 0) is 5.41 Å². The molecule has 4 rings (SSSR count). The average molecular weight is 446 g/mol. The summed E-state index contributed by atoms with van der Waals surface area (Å²) in [6, 6.07) is 7.14. The largest absolute Gasteiger partial charge is 0.328 e. The summed E-state index contributed by atoms with van der Waals surface area (Å²) in [7, 11) is 4.51. The molecule has 0 amide bonds. The number of allylic oxidation sites excluding steroid dienone is 2. The number of hydrogen-bond donors (Lipinski definition) is 0. The second-order valence-corrected chi connectivity index (χ2v) is 11.1. The van der Waals surface area contributed by atoms with Crippen LogP contribution in [0, 0.1) is 13.8 Å². The van der Waals surface area contributed by atoms with Gasteiger partial charge in [0, 0.05) is 29.6 Å². The van der Waals surface area contributed by atoms with Gasteiger partial charge < -0.3 is 9.80 Å². The highest BCUT2D eigenvalue weighted by atomic mass is 15.3. The fourth-order valence-electron chi connectivity index (χ4n) is 6.64. The Morgan fingerprint density at radius 3 is 2.09 bits per heavy atom. The Labute approximate surface area is 202 Å². The lowest BCUT2D eigenvalue weighted by Gasteiger charge is -2.45. The van der Waals surface area contributed by atoms with Crippen molar-refractivity contribution in [2.24, 2.45) is 4.99 Å². The third-order valence-electron chi connectivity index (χ3n) is 8.70. The minimum atomic E-state index is 0.159. The third kappa shape index (κ3) is 4.49. The Balaban J connectivity index is 1.75. The zero-order valence-corrected chi connectivity index (χ0v) is 21.6. The first-order chi connectivity index (χ1) is 15.7. The molecular weight excluding hydrogens is 402 g/mol. The van der Waals surface area contributed by atoms with E-state index in [4.69, 9.17) is 4.99 Å². The van der Waals surface area contributed by atoms with Gasteiger partial charge in [-0.25, -0.2) is 4.99 Å². The van der Waals surface area contributed by atoms with Crippen molar-refractivity contribution in [2.75, 3.05) is 20.6 Å². The highest BCUT2D eigenvalue weighted by Crippen LogP contribution is 2.46. The Bertz CT molecular complexity index is 962. The molecule has 33 heavy (non-hydrogen) atoms. The fourth-order valence-corrected chi connectivity index (χ4v) is 6.64. The highest BCUT2D eigenvalue weighted by molar-refractivity contribution is 5.89. The van der Waals surface area contributed by atoms with E-state index in [0.29, 0.717) is 0 Å². The van der Waals surface area contributed by atoms with Crippen molar-refractivity contribution in [2.45, 2.75) is 89.5 Å². The Morgan fingerprint density at radius 2 is 1.55 bits per heavy atom. The van der Waals surface area contributed by atoms with Crippen LogP contribution in [0.1, 0.15) is 81.4 Å². The molecule has 1 heterocycles. The Hall–Kier alpha value is -2.13. The van der Waals surface area contributed by atoms with E-state index in [1.807, 2.05) is 6.08 Å². The summed E-state index contributed by atoms with van der Waals surface area (Å²) < 4.78 is 0. The van der Waals surface area contributed by atoms with Gasteiger partial charge >= 0.3 is 0 Å². The van der Waals surface area contributed by atoms with Gasteiger partial charge in [0.05, 0.1) is 5.70 Å². The van der Waals surface area contributed by atoms with Gasteiger partial charge in [0.1, 0.15) is 5.84 Å². The summed E-state index contributed by atoms with van der Waals surface area (Å²) >= 11 is 0. The number of nitrogens with zero attached hydrogens (tertiary/aromatic N) is 3. The van der Waals surface area contributed by atoms with Crippen molar-refractivity contribution >= 4 is 5.84 Å². The van der Waals surface area contributed by atoms with Crippen LogP contribution in [0.4, 0.5) is 0 Å². The molecule has 1 aliphatic heterocycles. The van der Waals surface area contributed by atoms with E-state index in [-0.39, 0.29) is 11.0 Å². The van der Waals surface area contributed by atoms with Crippen LogP contribution in [0.15, 0.2) is 59.4 Å². The van der Waals surface area contributed by atoms with Gasteiger partial charge in [0.25, 0.3) is 0 Å². The summed E-state index contributed by atoms with van der Waals surface area (Å²) in [6.45, 7) is 16.1. The topological polar surface area (TPSA) is 18.8 Å². The lowest BCUT2D eigenvalue weighted by molar-refractivity contribution is 0.131. The molecule has 0 unspecified atom stereocenters. The summed E-state index contributed by atoms with van der Waals surface area (Å²) in [5.74, 6) is 1.19. The van der Waals surface area contributed by atoms with E-state index >= 15 is 0 Å². The molecule has 0 N–H and O–H groups in total. The van der Waals surface area contributed by atoms with Crippen molar-refractivity contribution in [3.63, 3.8) is 0 Å². The van der Waals surface area contributed by atoms with E-state index < -0.39 is 0 Å². The van der Waals surface area contributed by atoms with Crippen molar-refractivity contribution in [3.05, 3.63) is 71.1 Å². The van der Waals surface area contributed by atoms with Gasteiger partial charge in [-0.1, -0.05) is 68.2 Å². The van der Waals surface area contributed by atoms with Gasteiger partial charge in [-0.2, -0.15) is 0 Å². The quantitative estimate of drug-likeness (QED) is 0.447. The van der Waals surface area contributed by atoms with Crippen molar-refractivity contribution < 1.29 is 0 Å². The summed E-state index contributed by atoms with van der Waals surface area (Å²) in [5.41, 5.74) is 7.84. The van der Waals surface area contributed by atoms with Gasteiger partial charge in [-0.05, 0) is 77.8 Å². The molecule has 0 bridgehead atoms. The van der Waals surface area contributed by atoms with E-state index in [2.05, 4.69) is 76.0 Å². The zero-order valence-electron chi connectivity index (χ0n) is 21.6. The number of benzene rings is 1. The SMILES string of the molecule is C=CC1=C(C)C(=C)N=C(CC2(c3cc(C)cc(C)c3)CCCC2)N1CC1(N(C)C)CCCC1. The highest BCUT2D eigenvalue weighted by Gasteiger charge is 2.43. The predicted octanol–water partition coefficient (Wildman–Crippen LogP) is 7.07. The first kappa shape index (κ1) is 24.0. The molecule has 1 aromatic carbocycles. The second-order valence-electron chi connectivity index (χ2n) is 11.1. The lowest BCUT2D eigenvalue weighted by Crippen LogP contribution is -2.53. The molecule has 3 aliphatic rings. The van der Waals surface area contributed by atoms with Gasteiger partial charge in [0.15, 0.2) is 0 Å². The standard InChI is InChI=1S/C30H43N3/c1-8-27-24(4)25(5)31-28(33(27)21-30(32(6)7)15-11-12-16-30)20-29(13-9-10-14-29)26-18-22(2)17-23(3)19-26/h8,17-19H,1,5,9-16,20-21H2,2-4,6-7H3. The lowest BCUT2D eigenvalue weighted by atomic mass is 9.74. The molecule has 0 saturated heterocycles. The number of rotatable bonds is 7.